The van der Waals surface area contributed by atoms with Gasteiger partial charge in [-0.05, 0) is 36.6 Å². The fraction of sp³-hybridized carbons (Fsp3) is 0.222. The van der Waals surface area contributed by atoms with Crippen LogP contribution in [0.3, 0.4) is 0 Å². The summed E-state index contributed by atoms with van der Waals surface area (Å²) in [6.45, 7) is 3.91. The highest BCUT2D eigenvalue weighted by atomic mass is 32.2. The SMILES string of the molecule is CCc1ccc(S(=O)(=O)NCc2nc(-c3ccccc3C)no2)cc1. The average molecular weight is 357 g/mol. The molecule has 0 saturated carbocycles. The van der Waals surface area contributed by atoms with Crippen molar-refractivity contribution in [1.82, 2.24) is 14.9 Å². The number of aromatic nitrogens is 2. The average Bonchev–Trinajstić information content (AvgIpc) is 3.09. The van der Waals surface area contributed by atoms with Crippen LogP contribution >= 0.6 is 0 Å². The summed E-state index contributed by atoms with van der Waals surface area (Å²) in [5, 5.41) is 3.92. The van der Waals surface area contributed by atoms with Gasteiger partial charge in [0.2, 0.25) is 21.7 Å². The molecule has 25 heavy (non-hydrogen) atoms. The molecule has 1 aromatic heterocycles. The Balaban J connectivity index is 1.72. The molecule has 0 amide bonds. The van der Waals surface area contributed by atoms with E-state index in [2.05, 4.69) is 14.9 Å². The van der Waals surface area contributed by atoms with Gasteiger partial charge in [0.25, 0.3) is 0 Å². The maximum Gasteiger partial charge on any atom is 0.242 e. The normalized spacial score (nSPS) is 11.6. The molecule has 0 aliphatic carbocycles. The molecular formula is C18H19N3O3S. The summed E-state index contributed by atoms with van der Waals surface area (Å²) < 4.78 is 32.3. The van der Waals surface area contributed by atoms with E-state index in [0.717, 1.165) is 23.1 Å². The second-order valence-corrected chi connectivity index (χ2v) is 7.42. The van der Waals surface area contributed by atoms with Crippen LogP contribution in [0, 0.1) is 6.92 Å². The van der Waals surface area contributed by atoms with Gasteiger partial charge in [0.1, 0.15) is 0 Å². The van der Waals surface area contributed by atoms with Crippen LogP contribution in [-0.4, -0.2) is 18.6 Å². The van der Waals surface area contributed by atoms with Crippen LogP contribution in [0.25, 0.3) is 11.4 Å². The summed E-state index contributed by atoms with van der Waals surface area (Å²) in [5.41, 5.74) is 2.96. The molecule has 0 unspecified atom stereocenters. The number of nitrogens with zero attached hydrogens (tertiary/aromatic N) is 2. The lowest BCUT2D eigenvalue weighted by Gasteiger charge is -2.05. The molecule has 7 heteroatoms. The first-order valence-electron chi connectivity index (χ1n) is 7.97. The van der Waals surface area contributed by atoms with Gasteiger partial charge in [-0.15, -0.1) is 0 Å². The highest BCUT2D eigenvalue weighted by molar-refractivity contribution is 7.89. The minimum absolute atomic E-state index is 0.0588. The molecule has 0 aliphatic rings. The van der Waals surface area contributed by atoms with Gasteiger partial charge >= 0.3 is 0 Å². The minimum atomic E-state index is -3.62. The van der Waals surface area contributed by atoms with E-state index in [1.807, 2.05) is 38.1 Å². The number of nitrogens with one attached hydrogen (secondary N) is 1. The maximum atomic E-state index is 12.3. The zero-order chi connectivity index (χ0) is 17.9. The standard InChI is InChI=1S/C18H19N3O3S/c1-3-14-8-10-15(11-9-14)25(22,23)19-12-17-20-18(21-24-17)16-7-5-4-6-13(16)2/h4-11,19H,3,12H2,1-2H3. The van der Waals surface area contributed by atoms with Gasteiger partial charge in [-0.25, -0.2) is 13.1 Å². The largest absolute Gasteiger partial charge is 0.338 e. The van der Waals surface area contributed by atoms with Crippen LogP contribution in [0.4, 0.5) is 0 Å². The summed E-state index contributed by atoms with van der Waals surface area (Å²) in [4.78, 5) is 4.47. The maximum absolute atomic E-state index is 12.3. The smallest absolute Gasteiger partial charge is 0.242 e. The van der Waals surface area contributed by atoms with E-state index in [-0.39, 0.29) is 17.3 Å². The van der Waals surface area contributed by atoms with Crippen molar-refractivity contribution in [2.45, 2.75) is 31.7 Å². The minimum Gasteiger partial charge on any atom is -0.338 e. The zero-order valence-electron chi connectivity index (χ0n) is 14.1. The molecule has 130 valence electrons. The lowest BCUT2D eigenvalue weighted by atomic mass is 10.1. The molecule has 3 rings (SSSR count). The van der Waals surface area contributed by atoms with E-state index < -0.39 is 10.0 Å². The third-order valence-electron chi connectivity index (χ3n) is 3.91. The third-order valence-corrected chi connectivity index (χ3v) is 5.33. The topological polar surface area (TPSA) is 85.1 Å². The fourth-order valence-electron chi connectivity index (χ4n) is 2.40. The molecular weight excluding hydrogens is 338 g/mol. The predicted octanol–water partition coefficient (Wildman–Crippen LogP) is 3.09. The van der Waals surface area contributed by atoms with Crippen LogP contribution in [0.15, 0.2) is 57.9 Å². The van der Waals surface area contributed by atoms with Crippen molar-refractivity contribution in [2.75, 3.05) is 0 Å². The monoisotopic (exact) mass is 357 g/mol. The second kappa shape index (κ2) is 7.16. The summed E-state index contributed by atoms with van der Waals surface area (Å²) in [5.74, 6) is 0.659. The molecule has 0 saturated heterocycles. The summed E-state index contributed by atoms with van der Waals surface area (Å²) in [7, 11) is -3.62. The molecule has 0 radical (unpaired) electrons. The van der Waals surface area contributed by atoms with E-state index >= 15 is 0 Å². The second-order valence-electron chi connectivity index (χ2n) is 5.65. The van der Waals surface area contributed by atoms with E-state index in [0.29, 0.717) is 5.82 Å². The highest BCUT2D eigenvalue weighted by Gasteiger charge is 2.16. The van der Waals surface area contributed by atoms with Crippen molar-refractivity contribution in [3.05, 3.63) is 65.5 Å². The molecule has 1 heterocycles. The van der Waals surface area contributed by atoms with Gasteiger partial charge < -0.3 is 4.52 Å². The van der Waals surface area contributed by atoms with Gasteiger partial charge in [-0.2, -0.15) is 4.98 Å². The van der Waals surface area contributed by atoms with Crippen molar-refractivity contribution in [1.29, 1.82) is 0 Å². The van der Waals surface area contributed by atoms with Gasteiger partial charge in [-0.1, -0.05) is 48.5 Å². The first-order chi connectivity index (χ1) is 12.0. The van der Waals surface area contributed by atoms with Crippen molar-refractivity contribution in [3.63, 3.8) is 0 Å². The number of hydrogen-bond donors (Lipinski definition) is 1. The molecule has 2 aromatic carbocycles. The number of rotatable bonds is 6. The number of hydrogen-bond acceptors (Lipinski definition) is 5. The Labute approximate surface area is 147 Å². The number of benzene rings is 2. The van der Waals surface area contributed by atoms with E-state index in [4.69, 9.17) is 4.52 Å². The van der Waals surface area contributed by atoms with E-state index in [1.165, 1.54) is 0 Å². The number of aryl methyl sites for hydroxylation is 2. The van der Waals surface area contributed by atoms with Gasteiger partial charge in [0.05, 0.1) is 11.4 Å². The predicted molar refractivity (Wildman–Crippen MR) is 94.3 cm³/mol. The Bertz CT molecular complexity index is 963. The molecule has 1 N–H and O–H groups in total. The molecule has 0 aliphatic heterocycles. The van der Waals surface area contributed by atoms with Crippen LogP contribution in [-0.2, 0) is 23.0 Å². The van der Waals surface area contributed by atoms with Gasteiger partial charge in [0, 0.05) is 5.56 Å². The highest BCUT2D eigenvalue weighted by Crippen LogP contribution is 2.20. The quantitative estimate of drug-likeness (QED) is 0.733. The summed E-state index contributed by atoms with van der Waals surface area (Å²) in [6, 6.07) is 14.5. The Morgan fingerprint density at radius 1 is 1.08 bits per heavy atom. The summed E-state index contributed by atoms with van der Waals surface area (Å²) in [6.07, 6.45) is 0.859. The van der Waals surface area contributed by atoms with E-state index in [1.54, 1.807) is 24.3 Å². The van der Waals surface area contributed by atoms with Crippen LogP contribution in [0.5, 0.6) is 0 Å². The Kier molecular flexibility index (Phi) is 4.96. The van der Waals surface area contributed by atoms with Crippen LogP contribution in [0.1, 0.15) is 23.9 Å². The lowest BCUT2D eigenvalue weighted by Crippen LogP contribution is -2.23. The summed E-state index contributed by atoms with van der Waals surface area (Å²) >= 11 is 0. The van der Waals surface area contributed by atoms with Crippen LogP contribution < -0.4 is 4.72 Å². The van der Waals surface area contributed by atoms with Crippen molar-refractivity contribution >= 4 is 10.0 Å². The van der Waals surface area contributed by atoms with Gasteiger partial charge in [-0.3, -0.25) is 0 Å². The van der Waals surface area contributed by atoms with Crippen molar-refractivity contribution in [3.8, 4) is 11.4 Å². The molecule has 0 spiro atoms. The molecule has 6 nitrogen and oxygen atoms in total. The molecule has 3 aromatic rings. The van der Waals surface area contributed by atoms with Crippen molar-refractivity contribution in [2.24, 2.45) is 0 Å². The fourth-order valence-corrected chi connectivity index (χ4v) is 3.38. The molecule has 0 atom stereocenters. The first kappa shape index (κ1) is 17.3. The Hall–Kier alpha value is -2.51. The number of sulfonamides is 1. The zero-order valence-corrected chi connectivity index (χ0v) is 14.9. The van der Waals surface area contributed by atoms with E-state index in [9.17, 15) is 8.42 Å². The Morgan fingerprint density at radius 3 is 2.48 bits per heavy atom. The van der Waals surface area contributed by atoms with Crippen molar-refractivity contribution < 1.29 is 12.9 Å². The Morgan fingerprint density at radius 2 is 1.80 bits per heavy atom. The van der Waals surface area contributed by atoms with Crippen LogP contribution in [0.2, 0.25) is 0 Å². The lowest BCUT2D eigenvalue weighted by molar-refractivity contribution is 0.376. The molecule has 0 fully saturated rings. The van der Waals surface area contributed by atoms with Gasteiger partial charge in [0.15, 0.2) is 0 Å². The molecule has 0 bridgehead atoms. The third kappa shape index (κ3) is 3.94. The first-order valence-corrected chi connectivity index (χ1v) is 9.45.